The van der Waals surface area contributed by atoms with Crippen molar-refractivity contribution in [2.75, 3.05) is 6.54 Å². The summed E-state index contributed by atoms with van der Waals surface area (Å²) >= 11 is 0. The normalized spacial score (nSPS) is 21.3. The number of hydrogen-bond donors (Lipinski definition) is 0. The maximum Gasteiger partial charge on any atom is 0.242 e. The van der Waals surface area contributed by atoms with Crippen LogP contribution in [0, 0.1) is 0 Å². The molecule has 0 bridgehead atoms. The molecule has 0 aromatic heterocycles. The second-order valence-electron chi connectivity index (χ2n) is 5.36. The van der Waals surface area contributed by atoms with Gasteiger partial charge < -0.3 is 4.74 Å². The lowest BCUT2D eigenvalue weighted by Crippen LogP contribution is -2.38. The molecular weight excluding hydrogens is 284 g/mol. The summed E-state index contributed by atoms with van der Waals surface area (Å²) < 4.78 is 32.3. The molecule has 1 heterocycles. The van der Waals surface area contributed by atoms with Crippen molar-refractivity contribution in [2.24, 2.45) is 4.99 Å². The van der Waals surface area contributed by atoms with Crippen molar-refractivity contribution in [3.05, 3.63) is 71.8 Å². The van der Waals surface area contributed by atoms with E-state index in [-0.39, 0.29) is 6.42 Å². The summed E-state index contributed by atoms with van der Waals surface area (Å²) in [5.74, 6) is 0.441. The molecule has 2 aromatic carbocycles. The molecule has 0 N–H and O–H groups in total. The largest absolute Gasteiger partial charge is 0.466 e. The zero-order valence-electron chi connectivity index (χ0n) is 12.1. The van der Waals surface area contributed by atoms with Crippen LogP contribution in [0.15, 0.2) is 65.7 Å². The van der Waals surface area contributed by atoms with Crippen LogP contribution in [-0.2, 0) is 10.3 Å². The maximum absolute atomic E-state index is 13.2. The van der Waals surface area contributed by atoms with Crippen LogP contribution < -0.4 is 0 Å². The molecule has 0 aliphatic carbocycles. The molecule has 2 nitrogen and oxygen atoms in total. The number of rotatable bonds is 4. The third-order valence-corrected chi connectivity index (χ3v) is 3.87. The van der Waals surface area contributed by atoms with Crippen LogP contribution >= 0.6 is 0 Å². The van der Waals surface area contributed by atoms with Gasteiger partial charge in [0.15, 0.2) is 0 Å². The second-order valence-corrected chi connectivity index (χ2v) is 5.36. The number of benzene rings is 2. The Kier molecular flexibility index (Phi) is 4.18. The molecule has 1 aliphatic heterocycles. The summed E-state index contributed by atoms with van der Waals surface area (Å²) in [5.41, 5.74) is 0.581. The van der Waals surface area contributed by atoms with E-state index in [1.165, 1.54) is 0 Å². The van der Waals surface area contributed by atoms with Crippen molar-refractivity contribution in [1.29, 1.82) is 0 Å². The highest BCUT2D eigenvalue weighted by Crippen LogP contribution is 2.38. The van der Waals surface area contributed by atoms with Crippen molar-refractivity contribution in [2.45, 2.75) is 24.9 Å². The van der Waals surface area contributed by atoms with E-state index in [9.17, 15) is 8.78 Å². The minimum Gasteiger partial charge on any atom is -0.466 e. The molecule has 3 rings (SSSR count). The van der Waals surface area contributed by atoms with E-state index in [4.69, 9.17) is 4.74 Å². The number of hydrogen-bond acceptors (Lipinski definition) is 2. The molecule has 2 aromatic rings. The highest BCUT2D eigenvalue weighted by atomic mass is 19.3. The van der Waals surface area contributed by atoms with Gasteiger partial charge in [-0.3, -0.25) is 4.99 Å². The van der Waals surface area contributed by atoms with Crippen LogP contribution in [0.25, 0.3) is 0 Å². The third-order valence-electron chi connectivity index (χ3n) is 3.87. The average molecular weight is 301 g/mol. The highest BCUT2D eigenvalue weighted by molar-refractivity contribution is 5.94. The number of ether oxygens (including phenoxy) is 1. The van der Waals surface area contributed by atoms with Crippen molar-refractivity contribution in [3.8, 4) is 0 Å². The molecule has 0 spiro atoms. The molecule has 0 amide bonds. The van der Waals surface area contributed by atoms with Gasteiger partial charge in [0.05, 0.1) is 6.42 Å². The van der Waals surface area contributed by atoms with E-state index in [2.05, 4.69) is 4.99 Å². The van der Waals surface area contributed by atoms with E-state index in [0.29, 0.717) is 18.9 Å². The minimum atomic E-state index is -2.43. The van der Waals surface area contributed by atoms with Crippen molar-refractivity contribution in [1.82, 2.24) is 0 Å². The first kappa shape index (κ1) is 14.7. The van der Waals surface area contributed by atoms with Crippen molar-refractivity contribution >= 4 is 5.90 Å². The summed E-state index contributed by atoms with van der Waals surface area (Å²) in [7, 11) is 0. The van der Waals surface area contributed by atoms with Gasteiger partial charge in [0.25, 0.3) is 0 Å². The molecule has 0 saturated carbocycles. The number of alkyl halides is 2. The zero-order chi connectivity index (χ0) is 15.4. The Morgan fingerprint density at radius 2 is 1.64 bits per heavy atom. The Balaban J connectivity index is 1.96. The van der Waals surface area contributed by atoms with Gasteiger partial charge in [-0.15, -0.1) is 0 Å². The number of nitrogens with zero attached hydrogens (tertiary/aromatic N) is 1. The fraction of sp³-hybridized carbons (Fsp3) is 0.278. The SMILES string of the molecule is FC(F)CC1(c2ccccc2)CCN=C(c2ccccc2)O1. The van der Waals surface area contributed by atoms with Gasteiger partial charge in [-0.05, 0) is 17.7 Å². The number of halogens is 2. The van der Waals surface area contributed by atoms with E-state index in [1.54, 1.807) is 0 Å². The predicted molar refractivity (Wildman–Crippen MR) is 82.3 cm³/mol. The zero-order valence-corrected chi connectivity index (χ0v) is 12.1. The molecule has 22 heavy (non-hydrogen) atoms. The van der Waals surface area contributed by atoms with Crippen LogP contribution in [-0.4, -0.2) is 18.9 Å². The van der Waals surface area contributed by atoms with Gasteiger partial charge in [-0.2, -0.15) is 0 Å². The molecule has 0 saturated heterocycles. The lowest BCUT2D eigenvalue weighted by atomic mass is 9.86. The van der Waals surface area contributed by atoms with Gasteiger partial charge in [0, 0.05) is 18.5 Å². The summed E-state index contributed by atoms with van der Waals surface area (Å²) in [5, 5.41) is 0. The average Bonchev–Trinajstić information content (AvgIpc) is 2.56. The summed E-state index contributed by atoms with van der Waals surface area (Å²) in [6, 6.07) is 18.7. The van der Waals surface area contributed by atoms with Crippen molar-refractivity contribution in [3.63, 3.8) is 0 Å². The van der Waals surface area contributed by atoms with Crippen LogP contribution in [0.2, 0.25) is 0 Å². The monoisotopic (exact) mass is 301 g/mol. The standard InChI is InChI=1S/C18H17F2NO/c19-16(20)13-18(15-9-5-2-6-10-15)11-12-21-17(22-18)14-7-3-1-4-8-14/h1-10,16H,11-13H2. The van der Waals surface area contributed by atoms with Gasteiger partial charge in [-0.25, -0.2) is 8.78 Å². The van der Waals surface area contributed by atoms with Crippen LogP contribution in [0.5, 0.6) is 0 Å². The first-order valence-corrected chi connectivity index (χ1v) is 7.32. The molecule has 4 heteroatoms. The Hall–Kier alpha value is -2.23. The van der Waals surface area contributed by atoms with E-state index >= 15 is 0 Å². The topological polar surface area (TPSA) is 21.6 Å². The van der Waals surface area contributed by atoms with Gasteiger partial charge in [0.2, 0.25) is 12.3 Å². The first-order chi connectivity index (χ1) is 10.7. The summed E-state index contributed by atoms with van der Waals surface area (Å²) in [6.45, 7) is 0.478. The fourth-order valence-corrected chi connectivity index (χ4v) is 2.79. The lowest BCUT2D eigenvalue weighted by molar-refractivity contribution is -0.0262. The van der Waals surface area contributed by atoms with Crippen molar-refractivity contribution < 1.29 is 13.5 Å². The number of aliphatic imine (C=N–C) groups is 1. The van der Waals surface area contributed by atoms with E-state index in [0.717, 1.165) is 11.1 Å². The molecule has 114 valence electrons. The quantitative estimate of drug-likeness (QED) is 0.820. The Labute approximate surface area is 128 Å². The van der Waals surface area contributed by atoms with Gasteiger partial charge in [-0.1, -0.05) is 48.5 Å². The Morgan fingerprint density at radius 1 is 1.00 bits per heavy atom. The molecular formula is C18H17F2NO. The summed E-state index contributed by atoms with van der Waals surface area (Å²) in [4.78, 5) is 4.38. The minimum absolute atomic E-state index is 0.330. The third kappa shape index (κ3) is 3.01. The van der Waals surface area contributed by atoms with Gasteiger partial charge >= 0.3 is 0 Å². The van der Waals surface area contributed by atoms with Crippen LogP contribution in [0.4, 0.5) is 8.78 Å². The highest BCUT2D eigenvalue weighted by Gasteiger charge is 2.40. The smallest absolute Gasteiger partial charge is 0.242 e. The van der Waals surface area contributed by atoms with E-state index in [1.807, 2.05) is 60.7 Å². The second kappa shape index (κ2) is 6.26. The molecule has 1 aliphatic rings. The summed E-state index contributed by atoms with van der Waals surface area (Å²) in [6.07, 6.45) is -2.31. The Morgan fingerprint density at radius 3 is 2.27 bits per heavy atom. The van der Waals surface area contributed by atoms with Gasteiger partial charge in [0.1, 0.15) is 5.60 Å². The maximum atomic E-state index is 13.2. The van der Waals surface area contributed by atoms with Crippen LogP contribution in [0.1, 0.15) is 24.0 Å². The lowest BCUT2D eigenvalue weighted by Gasteiger charge is -2.37. The molecule has 0 radical (unpaired) electrons. The van der Waals surface area contributed by atoms with Crippen LogP contribution in [0.3, 0.4) is 0 Å². The predicted octanol–water partition coefficient (Wildman–Crippen LogP) is 4.40. The van der Waals surface area contributed by atoms with E-state index < -0.39 is 12.0 Å². The molecule has 1 atom stereocenters. The Bertz CT molecular complexity index is 643. The molecule has 1 unspecified atom stereocenters. The fourth-order valence-electron chi connectivity index (χ4n) is 2.79. The first-order valence-electron chi connectivity index (χ1n) is 7.32. The molecule has 0 fully saturated rings.